The highest BCUT2D eigenvalue weighted by molar-refractivity contribution is 7.99. The topological polar surface area (TPSA) is 47.6 Å². The predicted octanol–water partition coefficient (Wildman–Crippen LogP) is 4.41. The fourth-order valence-corrected chi connectivity index (χ4v) is 2.71. The molecule has 1 N–H and O–H groups in total. The Hall–Kier alpha value is -1.85. The molecule has 0 radical (unpaired) electrons. The van der Waals surface area contributed by atoms with E-state index in [4.69, 9.17) is 21.1 Å². The molecule has 128 valence electrons. The Morgan fingerprint density at radius 2 is 1.88 bits per heavy atom. The van der Waals surface area contributed by atoms with Crippen molar-refractivity contribution >= 4 is 35.0 Å². The molecule has 0 aliphatic rings. The fourth-order valence-electron chi connectivity index (χ4n) is 1.92. The average molecular weight is 366 g/mol. The van der Waals surface area contributed by atoms with Crippen LogP contribution in [0.4, 0.5) is 5.69 Å². The maximum absolute atomic E-state index is 11.9. The summed E-state index contributed by atoms with van der Waals surface area (Å²) in [6, 6.07) is 12.9. The van der Waals surface area contributed by atoms with E-state index in [2.05, 4.69) is 5.32 Å². The highest BCUT2D eigenvalue weighted by Crippen LogP contribution is 2.20. The van der Waals surface area contributed by atoms with Crippen molar-refractivity contribution in [2.75, 3.05) is 30.5 Å². The van der Waals surface area contributed by atoms with Gasteiger partial charge in [0.25, 0.3) is 0 Å². The number of hydrogen-bond acceptors (Lipinski definition) is 4. The summed E-state index contributed by atoms with van der Waals surface area (Å²) in [7, 11) is 1.63. The first-order valence-corrected chi connectivity index (χ1v) is 9.02. The molecular formula is C18H20ClNO3S. The summed E-state index contributed by atoms with van der Waals surface area (Å²) in [6.45, 7) is 2.47. The number of halogens is 1. The highest BCUT2D eigenvalue weighted by Gasteiger charge is 2.04. The Morgan fingerprint density at radius 1 is 1.17 bits per heavy atom. The van der Waals surface area contributed by atoms with Crippen molar-refractivity contribution < 1.29 is 14.3 Å². The lowest BCUT2D eigenvalue weighted by molar-refractivity contribution is -0.113. The number of thioether (sulfide) groups is 1. The van der Waals surface area contributed by atoms with Crippen molar-refractivity contribution in [2.45, 2.75) is 6.92 Å². The van der Waals surface area contributed by atoms with Gasteiger partial charge in [0.05, 0.1) is 19.5 Å². The summed E-state index contributed by atoms with van der Waals surface area (Å²) in [6.07, 6.45) is 0. The van der Waals surface area contributed by atoms with E-state index in [1.165, 1.54) is 11.8 Å². The van der Waals surface area contributed by atoms with Gasteiger partial charge in [-0.05, 0) is 48.9 Å². The van der Waals surface area contributed by atoms with Gasteiger partial charge in [-0.1, -0.05) is 17.7 Å². The van der Waals surface area contributed by atoms with Crippen LogP contribution in [0.15, 0.2) is 42.5 Å². The second-order valence-corrected chi connectivity index (χ2v) is 6.60. The quantitative estimate of drug-likeness (QED) is 0.704. The lowest BCUT2D eigenvalue weighted by Crippen LogP contribution is -2.15. The highest BCUT2D eigenvalue weighted by atomic mass is 35.5. The molecule has 0 saturated heterocycles. The molecule has 0 heterocycles. The SMILES string of the molecule is COc1ccc(OCCSCC(=O)Nc2ccc(C)c(Cl)c2)cc1. The first-order chi connectivity index (χ1) is 11.6. The van der Waals surface area contributed by atoms with E-state index in [1.807, 2.05) is 43.3 Å². The first kappa shape index (κ1) is 18.5. The van der Waals surface area contributed by atoms with Gasteiger partial charge in [-0.2, -0.15) is 0 Å². The van der Waals surface area contributed by atoms with Gasteiger partial charge >= 0.3 is 0 Å². The Kier molecular flexibility index (Phi) is 7.28. The molecule has 0 aromatic heterocycles. The standard InChI is InChI=1S/C18H20ClNO3S/c1-13-3-4-14(11-17(13)19)20-18(21)12-24-10-9-23-16-7-5-15(22-2)6-8-16/h3-8,11H,9-10,12H2,1-2H3,(H,20,21). The van der Waals surface area contributed by atoms with Gasteiger partial charge in [-0.3, -0.25) is 4.79 Å². The van der Waals surface area contributed by atoms with Crippen molar-refractivity contribution in [1.29, 1.82) is 0 Å². The number of carbonyl (C=O) groups excluding carboxylic acids is 1. The van der Waals surface area contributed by atoms with Crippen molar-refractivity contribution in [2.24, 2.45) is 0 Å². The van der Waals surface area contributed by atoms with Crippen molar-refractivity contribution in [3.63, 3.8) is 0 Å². The number of rotatable bonds is 8. The van der Waals surface area contributed by atoms with Crippen LogP contribution in [-0.4, -0.2) is 31.1 Å². The molecule has 0 spiro atoms. The molecule has 2 rings (SSSR count). The zero-order valence-corrected chi connectivity index (χ0v) is 15.2. The predicted molar refractivity (Wildman–Crippen MR) is 101 cm³/mol. The molecule has 2 aromatic rings. The van der Waals surface area contributed by atoms with Gasteiger partial charge in [0.2, 0.25) is 5.91 Å². The third kappa shape index (κ3) is 5.98. The molecule has 6 heteroatoms. The molecule has 0 atom stereocenters. The van der Waals surface area contributed by atoms with Crippen LogP contribution in [0.1, 0.15) is 5.56 Å². The third-order valence-electron chi connectivity index (χ3n) is 3.24. The lowest BCUT2D eigenvalue weighted by Gasteiger charge is -2.08. The molecular weight excluding hydrogens is 346 g/mol. The molecule has 0 saturated carbocycles. The minimum Gasteiger partial charge on any atom is -0.497 e. The number of amides is 1. The van der Waals surface area contributed by atoms with Gasteiger partial charge in [-0.25, -0.2) is 0 Å². The summed E-state index contributed by atoms with van der Waals surface area (Å²) in [4.78, 5) is 11.9. The Balaban J connectivity index is 1.64. The van der Waals surface area contributed by atoms with Crippen LogP contribution in [0.25, 0.3) is 0 Å². The summed E-state index contributed by atoms with van der Waals surface area (Å²) < 4.78 is 10.7. The van der Waals surface area contributed by atoms with Gasteiger partial charge in [0.1, 0.15) is 11.5 Å². The van der Waals surface area contributed by atoms with Crippen molar-refractivity contribution in [3.05, 3.63) is 53.1 Å². The number of ether oxygens (including phenoxy) is 2. The molecule has 1 amide bonds. The Morgan fingerprint density at radius 3 is 2.54 bits per heavy atom. The summed E-state index contributed by atoms with van der Waals surface area (Å²) in [5.74, 6) is 2.63. The largest absolute Gasteiger partial charge is 0.497 e. The molecule has 2 aromatic carbocycles. The third-order valence-corrected chi connectivity index (χ3v) is 4.57. The summed E-state index contributed by atoms with van der Waals surface area (Å²) in [5.41, 5.74) is 1.70. The van der Waals surface area contributed by atoms with Crippen LogP contribution >= 0.6 is 23.4 Å². The van der Waals surface area contributed by atoms with E-state index in [-0.39, 0.29) is 5.91 Å². The number of benzene rings is 2. The number of nitrogens with one attached hydrogen (secondary N) is 1. The van der Waals surface area contributed by atoms with E-state index in [9.17, 15) is 4.79 Å². The molecule has 4 nitrogen and oxygen atoms in total. The first-order valence-electron chi connectivity index (χ1n) is 7.49. The number of hydrogen-bond donors (Lipinski definition) is 1. The summed E-state index contributed by atoms with van der Waals surface area (Å²) >= 11 is 7.56. The molecule has 0 aliphatic heterocycles. The smallest absolute Gasteiger partial charge is 0.234 e. The molecule has 0 fully saturated rings. The zero-order valence-electron chi connectivity index (χ0n) is 13.7. The second kappa shape index (κ2) is 9.45. The van der Waals surface area contributed by atoms with Gasteiger partial charge < -0.3 is 14.8 Å². The number of aryl methyl sites for hydroxylation is 1. The van der Waals surface area contributed by atoms with E-state index >= 15 is 0 Å². The van der Waals surface area contributed by atoms with Crippen LogP contribution < -0.4 is 14.8 Å². The van der Waals surface area contributed by atoms with Crippen LogP contribution in [0, 0.1) is 6.92 Å². The molecule has 0 bridgehead atoms. The monoisotopic (exact) mass is 365 g/mol. The number of methoxy groups -OCH3 is 1. The average Bonchev–Trinajstić information content (AvgIpc) is 2.58. The van der Waals surface area contributed by atoms with Crippen LogP contribution in [0.5, 0.6) is 11.5 Å². The molecule has 0 unspecified atom stereocenters. The maximum Gasteiger partial charge on any atom is 0.234 e. The second-order valence-electron chi connectivity index (χ2n) is 5.09. The van der Waals surface area contributed by atoms with Crippen molar-refractivity contribution in [1.82, 2.24) is 0 Å². The summed E-state index contributed by atoms with van der Waals surface area (Å²) in [5, 5.41) is 3.48. The van der Waals surface area contributed by atoms with E-state index in [1.54, 1.807) is 13.2 Å². The lowest BCUT2D eigenvalue weighted by atomic mass is 10.2. The van der Waals surface area contributed by atoms with E-state index < -0.39 is 0 Å². The normalized spacial score (nSPS) is 10.3. The maximum atomic E-state index is 11.9. The molecule has 24 heavy (non-hydrogen) atoms. The number of anilines is 1. The van der Waals surface area contributed by atoms with Crippen molar-refractivity contribution in [3.8, 4) is 11.5 Å². The van der Waals surface area contributed by atoms with Crippen LogP contribution in [0.2, 0.25) is 5.02 Å². The van der Waals surface area contributed by atoms with Crippen LogP contribution in [-0.2, 0) is 4.79 Å². The fraction of sp³-hybridized carbons (Fsp3) is 0.278. The van der Waals surface area contributed by atoms with Gasteiger partial charge in [-0.15, -0.1) is 11.8 Å². The minimum absolute atomic E-state index is 0.0515. The van der Waals surface area contributed by atoms with E-state index in [0.29, 0.717) is 23.1 Å². The van der Waals surface area contributed by atoms with Gasteiger partial charge in [0.15, 0.2) is 0 Å². The number of carbonyl (C=O) groups is 1. The van der Waals surface area contributed by atoms with Gasteiger partial charge in [0, 0.05) is 16.5 Å². The van der Waals surface area contributed by atoms with E-state index in [0.717, 1.165) is 22.8 Å². The Labute approximate surface area is 151 Å². The minimum atomic E-state index is -0.0515. The Bertz CT molecular complexity index is 676. The zero-order chi connectivity index (χ0) is 17.4. The van der Waals surface area contributed by atoms with Crippen LogP contribution in [0.3, 0.4) is 0 Å². The molecule has 0 aliphatic carbocycles.